The first-order valence-electron chi connectivity index (χ1n) is 7.61. The molecule has 0 atom stereocenters. The van der Waals surface area contributed by atoms with Crippen LogP contribution in [-0.2, 0) is 6.61 Å². The van der Waals surface area contributed by atoms with Gasteiger partial charge >= 0.3 is 0 Å². The van der Waals surface area contributed by atoms with Gasteiger partial charge in [0.2, 0.25) is 0 Å². The first-order valence-corrected chi connectivity index (χ1v) is 7.99. The monoisotopic (exact) mass is 336 g/mol. The SMILES string of the molecule is Clc1ccc(NN=Cc2cccc(OCc3ccccc3)c2)cc1. The van der Waals surface area contributed by atoms with Gasteiger partial charge in [-0.2, -0.15) is 5.10 Å². The maximum Gasteiger partial charge on any atom is 0.120 e. The first kappa shape index (κ1) is 16.1. The minimum absolute atomic E-state index is 0.546. The molecule has 0 unspecified atom stereocenters. The second kappa shape index (κ2) is 8.18. The summed E-state index contributed by atoms with van der Waals surface area (Å²) in [7, 11) is 0. The van der Waals surface area contributed by atoms with Crippen LogP contribution in [0, 0.1) is 0 Å². The van der Waals surface area contributed by atoms with Gasteiger partial charge in [-0.1, -0.05) is 54.1 Å². The molecule has 0 saturated heterocycles. The van der Waals surface area contributed by atoms with Crippen molar-refractivity contribution in [3.05, 3.63) is 95.0 Å². The summed E-state index contributed by atoms with van der Waals surface area (Å²) in [6, 6.07) is 25.3. The smallest absolute Gasteiger partial charge is 0.120 e. The number of hydrogen-bond donors (Lipinski definition) is 1. The van der Waals surface area contributed by atoms with Gasteiger partial charge in [0.15, 0.2) is 0 Å². The number of halogens is 1. The molecule has 4 heteroatoms. The number of ether oxygens (including phenoxy) is 1. The third-order valence-electron chi connectivity index (χ3n) is 3.36. The van der Waals surface area contributed by atoms with Crippen molar-refractivity contribution in [2.75, 3.05) is 5.43 Å². The maximum absolute atomic E-state index is 5.85. The van der Waals surface area contributed by atoms with E-state index in [9.17, 15) is 0 Å². The van der Waals surface area contributed by atoms with Gasteiger partial charge in [-0.25, -0.2) is 0 Å². The Balaban J connectivity index is 1.58. The second-order valence-corrected chi connectivity index (χ2v) is 5.66. The zero-order chi connectivity index (χ0) is 16.6. The highest BCUT2D eigenvalue weighted by Gasteiger charge is 1.97. The van der Waals surface area contributed by atoms with Crippen LogP contribution in [0.1, 0.15) is 11.1 Å². The van der Waals surface area contributed by atoms with Gasteiger partial charge < -0.3 is 4.74 Å². The van der Waals surface area contributed by atoms with E-state index in [1.165, 1.54) is 0 Å². The Kier molecular flexibility index (Phi) is 5.48. The van der Waals surface area contributed by atoms with Crippen LogP contribution in [-0.4, -0.2) is 6.21 Å². The number of nitrogens with zero attached hydrogens (tertiary/aromatic N) is 1. The minimum Gasteiger partial charge on any atom is -0.489 e. The van der Waals surface area contributed by atoms with E-state index in [1.54, 1.807) is 6.21 Å². The predicted molar refractivity (Wildman–Crippen MR) is 99.9 cm³/mol. The Labute approximate surface area is 146 Å². The fourth-order valence-corrected chi connectivity index (χ4v) is 2.26. The molecule has 120 valence electrons. The Bertz CT molecular complexity index is 801. The predicted octanol–water partition coefficient (Wildman–Crippen LogP) is 5.37. The molecule has 24 heavy (non-hydrogen) atoms. The largest absolute Gasteiger partial charge is 0.489 e. The van der Waals surface area contributed by atoms with Crippen LogP contribution in [0.5, 0.6) is 5.75 Å². The number of nitrogens with one attached hydrogen (secondary N) is 1. The van der Waals surface area contributed by atoms with Crippen LogP contribution >= 0.6 is 11.6 Å². The topological polar surface area (TPSA) is 33.6 Å². The molecule has 3 nitrogen and oxygen atoms in total. The molecule has 1 N–H and O–H groups in total. The van der Waals surface area contributed by atoms with Crippen LogP contribution in [0.15, 0.2) is 84.0 Å². The molecule has 0 amide bonds. The molecule has 0 aromatic heterocycles. The van der Waals surface area contributed by atoms with Gasteiger partial charge in [-0.3, -0.25) is 5.43 Å². The Hall–Kier alpha value is -2.78. The summed E-state index contributed by atoms with van der Waals surface area (Å²) in [5, 5.41) is 4.93. The molecular formula is C20H17ClN2O. The van der Waals surface area contributed by atoms with Gasteiger partial charge in [0, 0.05) is 5.02 Å². The summed E-state index contributed by atoms with van der Waals surface area (Å²) in [5.41, 5.74) is 5.95. The Morgan fingerprint density at radius 2 is 1.71 bits per heavy atom. The van der Waals surface area contributed by atoms with E-state index in [1.807, 2.05) is 78.9 Å². The Morgan fingerprint density at radius 1 is 0.917 bits per heavy atom. The Morgan fingerprint density at radius 3 is 2.50 bits per heavy atom. The van der Waals surface area contributed by atoms with Crippen molar-refractivity contribution in [3.8, 4) is 5.75 Å². The molecule has 3 aromatic rings. The summed E-state index contributed by atoms with van der Waals surface area (Å²) in [6.45, 7) is 0.546. The van der Waals surface area contributed by atoms with Crippen molar-refractivity contribution in [1.82, 2.24) is 0 Å². The van der Waals surface area contributed by atoms with Crippen LogP contribution in [0.3, 0.4) is 0 Å². The van der Waals surface area contributed by atoms with Crippen molar-refractivity contribution >= 4 is 23.5 Å². The van der Waals surface area contributed by atoms with Crippen molar-refractivity contribution in [3.63, 3.8) is 0 Å². The number of benzene rings is 3. The van der Waals surface area contributed by atoms with Crippen LogP contribution in [0.2, 0.25) is 5.02 Å². The van der Waals surface area contributed by atoms with E-state index >= 15 is 0 Å². The first-order chi connectivity index (χ1) is 11.8. The quantitative estimate of drug-likeness (QED) is 0.485. The summed E-state index contributed by atoms with van der Waals surface area (Å²) < 4.78 is 5.81. The molecule has 3 rings (SSSR count). The van der Waals surface area contributed by atoms with Crippen molar-refractivity contribution in [1.29, 1.82) is 0 Å². The zero-order valence-corrected chi connectivity index (χ0v) is 13.8. The normalized spacial score (nSPS) is 10.7. The highest BCUT2D eigenvalue weighted by molar-refractivity contribution is 6.30. The lowest BCUT2D eigenvalue weighted by atomic mass is 10.2. The molecule has 0 aliphatic heterocycles. The van der Waals surface area contributed by atoms with E-state index in [4.69, 9.17) is 16.3 Å². The highest BCUT2D eigenvalue weighted by Crippen LogP contribution is 2.15. The fourth-order valence-electron chi connectivity index (χ4n) is 2.13. The molecule has 0 aliphatic carbocycles. The molecule has 0 heterocycles. The van der Waals surface area contributed by atoms with E-state index in [0.717, 1.165) is 22.6 Å². The van der Waals surface area contributed by atoms with Crippen molar-refractivity contribution in [2.24, 2.45) is 5.10 Å². The van der Waals surface area contributed by atoms with Gasteiger partial charge in [-0.05, 0) is 47.5 Å². The molecule has 0 bridgehead atoms. The highest BCUT2D eigenvalue weighted by atomic mass is 35.5. The number of anilines is 1. The van der Waals surface area contributed by atoms with E-state index in [-0.39, 0.29) is 0 Å². The lowest BCUT2D eigenvalue weighted by Crippen LogP contribution is -1.96. The average Bonchev–Trinajstić information content (AvgIpc) is 2.63. The van der Waals surface area contributed by atoms with Crippen molar-refractivity contribution < 1.29 is 4.74 Å². The molecule has 0 aliphatic rings. The standard InChI is InChI=1S/C20H17ClN2O/c21-18-9-11-19(12-10-18)23-22-14-17-7-4-8-20(13-17)24-15-16-5-2-1-3-6-16/h1-14,23H,15H2. The third kappa shape index (κ3) is 4.86. The maximum atomic E-state index is 5.85. The second-order valence-electron chi connectivity index (χ2n) is 5.22. The summed E-state index contributed by atoms with van der Waals surface area (Å²) in [6.07, 6.45) is 1.75. The number of rotatable bonds is 6. The van der Waals surface area contributed by atoms with Crippen LogP contribution < -0.4 is 10.2 Å². The number of hydrazone groups is 1. The zero-order valence-electron chi connectivity index (χ0n) is 13.0. The lowest BCUT2D eigenvalue weighted by molar-refractivity contribution is 0.306. The van der Waals surface area contributed by atoms with Crippen molar-refractivity contribution in [2.45, 2.75) is 6.61 Å². The van der Waals surface area contributed by atoms with Gasteiger partial charge in [0.25, 0.3) is 0 Å². The van der Waals surface area contributed by atoms with E-state index in [0.29, 0.717) is 11.6 Å². The molecule has 3 aromatic carbocycles. The van der Waals surface area contributed by atoms with Gasteiger partial charge in [0.1, 0.15) is 12.4 Å². The molecule has 0 saturated carbocycles. The molecule has 0 fully saturated rings. The van der Waals surface area contributed by atoms with Crippen LogP contribution in [0.4, 0.5) is 5.69 Å². The third-order valence-corrected chi connectivity index (χ3v) is 3.61. The molecule has 0 spiro atoms. The molecule has 0 radical (unpaired) electrons. The fraction of sp³-hybridized carbons (Fsp3) is 0.0500. The van der Waals surface area contributed by atoms with E-state index in [2.05, 4.69) is 10.5 Å². The van der Waals surface area contributed by atoms with Gasteiger partial charge in [0.05, 0.1) is 11.9 Å². The average molecular weight is 337 g/mol. The molecular weight excluding hydrogens is 320 g/mol. The lowest BCUT2D eigenvalue weighted by Gasteiger charge is -2.06. The van der Waals surface area contributed by atoms with Gasteiger partial charge in [-0.15, -0.1) is 0 Å². The van der Waals surface area contributed by atoms with E-state index < -0.39 is 0 Å². The minimum atomic E-state index is 0.546. The summed E-state index contributed by atoms with van der Waals surface area (Å²) >= 11 is 5.85. The number of hydrogen-bond acceptors (Lipinski definition) is 3. The summed E-state index contributed by atoms with van der Waals surface area (Å²) in [5.74, 6) is 0.814. The summed E-state index contributed by atoms with van der Waals surface area (Å²) in [4.78, 5) is 0. The van der Waals surface area contributed by atoms with Crippen LogP contribution in [0.25, 0.3) is 0 Å².